The molecule has 1 aromatic carbocycles. The lowest BCUT2D eigenvalue weighted by atomic mass is 10.1. The van der Waals surface area contributed by atoms with Crippen molar-refractivity contribution in [1.29, 1.82) is 0 Å². The average molecular weight is 237 g/mol. The molecule has 6 heteroatoms. The van der Waals surface area contributed by atoms with Gasteiger partial charge in [-0.3, -0.25) is 4.55 Å². The zero-order valence-electron chi connectivity index (χ0n) is 8.62. The quantitative estimate of drug-likeness (QED) is 0.796. The van der Waals surface area contributed by atoms with Crippen molar-refractivity contribution < 1.29 is 8.76 Å². The van der Waals surface area contributed by atoms with Gasteiger partial charge in [-0.15, -0.1) is 0 Å². The van der Waals surface area contributed by atoms with Crippen LogP contribution in [0.5, 0.6) is 0 Å². The van der Waals surface area contributed by atoms with E-state index in [1.54, 1.807) is 6.20 Å². The minimum atomic E-state index is -2.11. The van der Waals surface area contributed by atoms with Gasteiger partial charge in [0.2, 0.25) is 0 Å². The van der Waals surface area contributed by atoms with Gasteiger partial charge in [-0.1, -0.05) is 29.8 Å². The molecule has 2 N–H and O–H groups in total. The van der Waals surface area contributed by atoms with Crippen LogP contribution >= 0.6 is 0 Å². The van der Waals surface area contributed by atoms with E-state index >= 15 is 0 Å². The lowest BCUT2D eigenvalue weighted by Gasteiger charge is -2.07. The van der Waals surface area contributed by atoms with Gasteiger partial charge in [-0.25, -0.2) is 18.7 Å². The minimum absolute atomic E-state index is 0.738. The molecule has 1 unspecified atom stereocenters. The third kappa shape index (κ3) is 2.29. The van der Waals surface area contributed by atoms with E-state index in [2.05, 4.69) is 9.82 Å². The van der Waals surface area contributed by atoms with Crippen LogP contribution in [0.15, 0.2) is 36.8 Å². The number of nitrogens with one attached hydrogen (secondary N) is 1. The van der Waals surface area contributed by atoms with Gasteiger partial charge in [0, 0.05) is 5.56 Å². The first-order valence-electron chi connectivity index (χ1n) is 4.64. The fraction of sp³-hybridized carbons (Fsp3) is 0.100. The molecule has 0 spiro atoms. The second-order valence-corrected chi connectivity index (χ2v) is 4.04. The molecule has 0 saturated heterocycles. The van der Waals surface area contributed by atoms with Gasteiger partial charge in [0.05, 0.1) is 11.9 Å². The molecule has 0 amide bonds. The Labute approximate surface area is 95.5 Å². The van der Waals surface area contributed by atoms with Crippen LogP contribution in [0.1, 0.15) is 5.56 Å². The van der Waals surface area contributed by atoms with Crippen molar-refractivity contribution in [1.82, 2.24) is 9.66 Å². The number of benzene rings is 1. The molecule has 0 bridgehead atoms. The van der Waals surface area contributed by atoms with Crippen LogP contribution < -0.4 is 4.83 Å². The fourth-order valence-electron chi connectivity index (χ4n) is 1.39. The minimum Gasteiger partial charge on any atom is -0.288 e. The lowest BCUT2D eigenvalue weighted by molar-refractivity contribution is 0.564. The van der Waals surface area contributed by atoms with Crippen LogP contribution in [0.2, 0.25) is 0 Å². The number of aryl methyl sites for hydroxylation is 1. The summed E-state index contributed by atoms with van der Waals surface area (Å²) >= 11 is -2.11. The molecule has 0 radical (unpaired) electrons. The summed E-state index contributed by atoms with van der Waals surface area (Å²) in [6.45, 7) is 2.00. The Morgan fingerprint density at radius 3 is 2.69 bits per heavy atom. The van der Waals surface area contributed by atoms with Crippen LogP contribution in [0.3, 0.4) is 0 Å². The van der Waals surface area contributed by atoms with E-state index in [4.69, 9.17) is 4.55 Å². The van der Waals surface area contributed by atoms with Crippen molar-refractivity contribution in [2.75, 3.05) is 4.83 Å². The molecule has 5 nitrogen and oxygen atoms in total. The topological polar surface area (TPSA) is 67.2 Å². The van der Waals surface area contributed by atoms with E-state index in [9.17, 15) is 4.21 Å². The Morgan fingerprint density at radius 2 is 2.06 bits per heavy atom. The fourth-order valence-corrected chi connectivity index (χ4v) is 1.70. The van der Waals surface area contributed by atoms with Gasteiger partial charge < -0.3 is 0 Å². The number of aromatic nitrogens is 2. The average Bonchev–Trinajstić information content (AvgIpc) is 2.66. The number of hydrogen-bond donors (Lipinski definition) is 2. The molecule has 2 aromatic rings. The summed E-state index contributed by atoms with van der Waals surface area (Å²) in [7, 11) is 0. The van der Waals surface area contributed by atoms with Crippen LogP contribution in [-0.2, 0) is 11.3 Å². The third-order valence-electron chi connectivity index (χ3n) is 2.16. The van der Waals surface area contributed by atoms with E-state index in [-0.39, 0.29) is 0 Å². The maximum Gasteiger partial charge on any atom is 0.274 e. The first-order valence-corrected chi connectivity index (χ1v) is 5.74. The highest BCUT2D eigenvalue weighted by molar-refractivity contribution is 7.80. The van der Waals surface area contributed by atoms with E-state index in [0.717, 1.165) is 16.8 Å². The van der Waals surface area contributed by atoms with Crippen LogP contribution in [-0.4, -0.2) is 18.4 Å². The number of rotatable bonds is 3. The maximum absolute atomic E-state index is 10.7. The van der Waals surface area contributed by atoms with E-state index in [1.165, 1.54) is 11.0 Å². The Kier molecular flexibility index (Phi) is 3.02. The second-order valence-electron chi connectivity index (χ2n) is 3.36. The zero-order chi connectivity index (χ0) is 11.5. The number of hydrogen-bond acceptors (Lipinski definition) is 2. The Hall–Kier alpha value is -1.66. The number of imidazole rings is 1. The van der Waals surface area contributed by atoms with Crippen molar-refractivity contribution >= 4 is 11.3 Å². The molecule has 0 aliphatic rings. The summed E-state index contributed by atoms with van der Waals surface area (Å²) in [6, 6.07) is 7.82. The number of nitrogens with zero attached hydrogens (tertiary/aromatic N) is 2. The van der Waals surface area contributed by atoms with Crippen LogP contribution in [0, 0.1) is 6.92 Å². The molecule has 84 valence electrons. The zero-order valence-corrected chi connectivity index (χ0v) is 9.44. The molecular weight excluding hydrogens is 226 g/mol. The predicted molar refractivity (Wildman–Crippen MR) is 62.5 cm³/mol. The molecule has 16 heavy (non-hydrogen) atoms. The molecule has 1 heterocycles. The van der Waals surface area contributed by atoms with Crippen LogP contribution in [0.25, 0.3) is 11.3 Å². The van der Waals surface area contributed by atoms with Crippen LogP contribution in [0.4, 0.5) is 0 Å². The summed E-state index contributed by atoms with van der Waals surface area (Å²) in [5.41, 5.74) is 2.83. The summed E-state index contributed by atoms with van der Waals surface area (Å²) in [5.74, 6) is 0. The summed E-state index contributed by atoms with van der Waals surface area (Å²) in [5, 5.41) is 0. The first kappa shape index (κ1) is 10.8. The first-order chi connectivity index (χ1) is 7.66. The Morgan fingerprint density at radius 1 is 1.38 bits per heavy atom. The molecule has 0 saturated carbocycles. The molecule has 0 aliphatic carbocycles. The standard InChI is InChI=1S/C10H11N3O2S/c1-8-2-4-9(5-3-8)10-6-11-7-13(10)12-16(14)15/h2-7,12H,1H3,(H,14,15). The Balaban J connectivity index is 2.36. The van der Waals surface area contributed by atoms with Gasteiger partial charge in [-0.2, -0.15) is 0 Å². The van der Waals surface area contributed by atoms with Crippen molar-refractivity contribution in [3.63, 3.8) is 0 Å². The van der Waals surface area contributed by atoms with Crippen molar-refractivity contribution in [2.24, 2.45) is 0 Å². The predicted octanol–water partition coefficient (Wildman–Crippen LogP) is 1.54. The maximum atomic E-state index is 10.7. The highest BCUT2D eigenvalue weighted by atomic mass is 32.2. The molecule has 1 aromatic heterocycles. The highest BCUT2D eigenvalue weighted by Gasteiger charge is 2.05. The molecule has 1 atom stereocenters. The van der Waals surface area contributed by atoms with E-state index in [0.29, 0.717) is 0 Å². The van der Waals surface area contributed by atoms with E-state index < -0.39 is 11.3 Å². The van der Waals surface area contributed by atoms with Crippen molar-refractivity contribution in [2.45, 2.75) is 6.92 Å². The largest absolute Gasteiger partial charge is 0.288 e. The van der Waals surface area contributed by atoms with E-state index in [1.807, 2.05) is 31.2 Å². The normalized spacial score (nSPS) is 12.4. The molecule has 0 fully saturated rings. The van der Waals surface area contributed by atoms with Gasteiger partial charge in [0.1, 0.15) is 6.33 Å². The lowest BCUT2D eigenvalue weighted by Crippen LogP contribution is -2.16. The summed E-state index contributed by atoms with van der Waals surface area (Å²) in [4.78, 5) is 6.28. The smallest absolute Gasteiger partial charge is 0.274 e. The Bertz CT molecular complexity index is 507. The highest BCUT2D eigenvalue weighted by Crippen LogP contribution is 2.18. The molecule has 0 aliphatic heterocycles. The van der Waals surface area contributed by atoms with Crippen molar-refractivity contribution in [3.05, 3.63) is 42.4 Å². The monoisotopic (exact) mass is 237 g/mol. The third-order valence-corrected chi connectivity index (χ3v) is 2.52. The van der Waals surface area contributed by atoms with Gasteiger partial charge in [0.25, 0.3) is 11.3 Å². The summed E-state index contributed by atoms with van der Waals surface area (Å²) in [6.07, 6.45) is 3.08. The SMILES string of the molecule is Cc1ccc(-c2cncn2NS(=O)O)cc1. The van der Waals surface area contributed by atoms with Gasteiger partial charge in [0.15, 0.2) is 0 Å². The van der Waals surface area contributed by atoms with Gasteiger partial charge in [-0.05, 0) is 6.92 Å². The second kappa shape index (κ2) is 4.46. The molecule has 2 rings (SSSR count). The summed E-state index contributed by atoms with van der Waals surface area (Å²) < 4.78 is 20.8. The molecular formula is C10H11N3O2S. The van der Waals surface area contributed by atoms with Gasteiger partial charge >= 0.3 is 0 Å². The van der Waals surface area contributed by atoms with Crippen molar-refractivity contribution in [3.8, 4) is 11.3 Å².